The summed E-state index contributed by atoms with van der Waals surface area (Å²) in [5.74, 6) is 2.79. The molecule has 0 saturated heterocycles. The van der Waals surface area contributed by atoms with E-state index in [4.69, 9.17) is 9.47 Å². The molecule has 0 aliphatic carbocycles. The molecule has 1 aliphatic rings. The first kappa shape index (κ1) is 10.8. The highest BCUT2D eigenvalue weighted by Gasteiger charge is 2.16. The zero-order valence-electron chi connectivity index (χ0n) is 9.67. The fourth-order valence-electron chi connectivity index (χ4n) is 1.77. The lowest BCUT2D eigenvalue weighted by molar-refractivity contribution is -0.447. The van der Waals surface area contributed by atoms with Gasteiger partial charge in [0.25, 0.3) is 0 Å². The van der Waals surface area contributed by atoms with E-state index in [9.17, 15) is 0 Å². The maximum Gasteiger partial charge on any atom is 0.247 e. The monoisotopic (exact) mass is 221 g/mol. The number of nitrogens with one attached hydrogen (secondary N) is 2. The van der Waals surface area contributed by atoms with E-state index in [-0.39, 0.29) is 0 Å². The van der Waals surface area contributed by atoms with Crippen molar-refractivity contribution >= 4 is 11.5 Å². The van der Waals surface area contributed by atoms with Gasteiger partial charge in [-0.1, -0.05) is 0 Å². The van der Waals surface area contributed by atoms with E-state index in [1.165, 1.54) is 6.42 Å². The topological polar surface area (TPSA) is 44.5 Å². The van der Waals surface area contributed by atoms with Crippen molar-refractivity contribution in [3.05, 3.63) is 18.2 Å². The van der Waals surface area contributed by atoms with Gasteiger partial charge in [0.05, 0.1) is 27.2 Å². The second-order valence-corrected chi connectivity index (χ2v) is 3.70. The van der Waals surface area contributed by atoms with Crippen molar-refractivity contribution in [2.24, 2.45) is 0 Å². The van der Waals surface area contributed by atoms with Crippen LogP contribution in [0.5, 0.6) is 11.5 Å². The molecule has 1 aliphatic heterocycles. The summed E-state index contributed by atoms with van der Waals surface area (Å²) in [6.45, 7) is 1.04. The summed E-state index contributed by atoms with van der Waals surface area (Å²) < 4.78 is 10.5. The first-order valence-corrected chi connectivity index (χ1v) is 5.42. The third kappa shape index (κ3) is 2.27. The van der Waals surface area contributed by atoms with Crippen LogP contribution in [0.4, 0.5) is 5.69 Å². The van der Waals surface area contributed by atoms with Crippen LogP contribution in [0.1, 0.15) is 12.8 Å². The predicted octanol–water partition coefficient (Wildman–Crippen LogP) is 0.389. The van der Waals surface area contributed by atoms with Gasteiger partial charge < -0.3 is 9.47 Å². The number of benzene rings is 1. The molecule has 0 saturated carbocycles. The van der Waals surface area contributed by atoms with Gasteiger partial charge >= 0.3 is 0 Å². The van der Waals surface area contributed by atoms with Gasteiger partial charge in [0.15, 0.2) is 11.4 Å². The van der Waals surface area contributed by atoms with Crippen molar-refractivity contribution in [1.82, 2.24) is 0 Å². The predicted molar refractivity (Wildman–Crippen MR) is 63.2 cm³/mol. The Kier molecular flexibility index (Phi) is 3.29. The molecule has 1 heterocycles. The van der Waals surface area contributed by atoms with Crippen LogP contribution in [0.15, 0.2) is 18.2 Å². The number of methoxy groups -OCH3 is 2. The van der Waals surface area contributed by atoms with E-state index in [2.05, 4.69) is 10.3 Å². The quantitative estimate of drug-likeness (QED) is 0.776. The molecule has 86 valence electrons. The number of hydrogen-bond donors (Lipinski definition) is 2. The van der Waals surface area contributed by atoms with Crippen LogP contribution < -0.4 is 19.8 Å². The molecule has 2 rings (SSSR count). The number of hydrogen-bond acceptors (Lipinski definition) is 3. The van der Waals surface area contributed by atoms with E-state index < -0.39 is 0 Å². The molecule has 2 N–H and O–H groups in total. The highest BCUT2D eigenvalue weighted by molar-refractivity contribution is 5.93. The lowest BCUT2D eigenvalue weighted by Gasteiger charge is -2.07. The number of rotatable bonds is 3. The lowest BCUT2D eigenvalue weighted by atomic mass is 10.2. The van der Waals surface area contributed by atoms with Crippen molar-refractivity contribution in [3.63, 3.8) is 0 Å². The van der Waals surface area contributed by atoms with Crippen molar-refractivity contribution < 1.29 is 14.5 Å². The fraction of sp³-hybridized carbons (Fsp3) is 0.417. The van der Waals surface area contributed by atoms with Crippen LogP contribution >= 0.6 is 0 Å². The van der Waals surface area contributed by atoms with Crippen LogP contribution in [0.3, 0.4) is 0 Å². The molecular weight excluding hydrogens is 204 g/mol. The molecule has 0 bridgehead atoms. The number of amidine groups is 1. The highest BCUT2D eigenvalue weighted by atomic mass is 16.5. The summed E-state index contributed by atoms with van der Waals surface area (Å²) in [7, 11) is 3.33. The standard InChI is InChI=1S/C12H16N2O2/c1-15-9-5-6-11(16-2)10(8-9)14-12-4-3-7-13-12/h5-6,8H,3-4,7H2,1-2H3,(H,13,14)/p+1. The van der Waals surface area contributed by atoms with Gasteiger partial charge in [-0.3, -0.25) is 4.99 Å². The third-order valence-corrected chi connectivity index (χ3v) is 2.63. The molecule has 16 heavy (non-hydrogen) atoms. The Morgan fingerprint density at radius 1 is 1.25 bits per heavy atom. The minimum Gasteiger partial charge on any atom is -0.497 e. The van der Waals surface area contributed by atoms with Crippen LogP contribution in [0.2, 0.25) is 0 Å². The van der Waals surface area contributed by atoms with Gasteiger partial charge in [0.2, 0.25) is 5.84 Å². The minimum absolute atomic E-state index is 0.821. The maximum absolute atomic E-state index is 5.30. The Bertz CT molecular complexity index is 402. The van der Waals surface area contributed by atoms with Crippen molar-refractivity contribution in [2.45, 2.75) is 12.8 Å². The van der Waals surface area contributed by atoms with E-state index in [0.717, 1.165) is 36.0 Å². The van der Waals surface area contributed by atoms with Crippen molar-refractivity contribution in [2.75, 3.05) is 26.1 Å². The number of anilines is 1. The fourth-order valence-corrected chi connectivity index (χ4v) is 1.77. The summed E-state index contributed by atoms with van der Waals surface area (Å²) >= 11 is 0. The Hall–Kier alpha value is -1.71. The highest BCUT2D eigenvalue weighted by Crippen LogP contribution is 2.28. The van der Waals surface area contributed by atoms with E-state index >= 15 is 0 Å². The minimum atomic E-state index is 0.821. The Labute approximate surface area is 95.3 Å². The Morgan fingerprint density at radius 3 is 2.75 bits per heavy atom. The Balaban J connectivity index is 2.22. The van der Waals surface area contributed by atoms with Crippen LogP contribution in [-0.4, -0.2) is 26.6 Å². The van der Waals surface area contributed by atoms with Gasteiger partial charge in [-0.25, -0.2) is 5.32 Å². The molecule has 0 spiro atoms. The molecule has 0 radical (unpaired) electrons. The average molecular weight is 221 g/mol. The van der Waals surface area contributed by atoms with Crippen LogP contribution in [-0.2, 0) is 0 Å². The molecule has 4 nitrogen and oxygen atoms in total. The molecular formula is C12H17N2O2+. The number of ether oxygens (including phenoxy) is 2. The summed E-state index contributed by atoms with van der Waals surface area (Å²) in [4.78, 5) is 3.30. The second kappa shape index (κ2) is 4.88. The third-order valence-electron chi connectivity index (χ3n) is 2.63. The van der Waals surface area contributed by atoms with Crippen molar-refractivity contribution in [1.29, 1.82) is 0 Å². The van der Waals surface area contributed by atoms with E-state index in [0.29, 0.717) is 0 Å². The zero-order valence-corrected chi connectivity index (χ0v) is 9.67. The first-order valence-electron chi connectivity index (χ1n) is 5.42. The summed E-state index contributed by atoms with van der Waals surface area (Å²) in [6, 6.07) is 5.72. The van der Waals surface area contributed by atoms with E-state index in [1.807, 2.05) is 18.2 Å². The summed E-state index contributed by atoms with van der Waals surface area (Å²) in [5, 5.41) is 3.34. The van der Waals surface area contributed by atoms with Crippen LogP contribution in [0, 0.1) is 0 Å². The van der Waals surface area contributed by atoms with Crippen LogP contribution in [0.25, 0.3) is 0 Å². The van der Waals surface area contributed by atoms with Gasteiger partial charge in [0.1, 0.15) is 5.75 Å². The first-order chi connectivity index (χ1) is 7.83. The molecule has 0 amide bonds. The lowest BCUT2D eigenvalue weighted by Crippen LogP contribution is -2.71. The SMILES string of the molecule is COc1ccc(OC)c(NC2=[NH+]CCC2)c1. The van der Waals surface area contributed by atoms with Gasteiger partial charge in [-0.2, -0.15) is 0 Å². The summed E-state index contributed by atoms with van der Waals surface area (Å²) in [6.07, 6.45) is 2.23. The maximum atomic E-state index is 5.30. The molecule has 4 heteroatoms. The van der Waals surface area contributed by atoms with Gasteiger partial charge in [-0.05, 0) is 18.6 Å². The smallest absolute Gasteiger partial charge is 0.247 e. The molecule has 0 aromatic heterocycles. The van der Waals surface area contributed by atoms with E-state index in [1.54, 1.807) is 14.2 Å². The molecule has 1 aromatic carbocycles. The summed E-state index contributed by atoms with van der Waals surface area (Å²) in [5.41, 5.74) is 0.936. The average Bonchev–Trinajstić information content (AvgIpc) is 2.82. The molecule has 0 unspecified atom stereocenters. The zero-order chi connectivity index (χ0) is 11.4. The second-order valence-electron chi connectivity index (χ2n) is 3.70. The van der Waals surface area contributed by atoms with Crippen molar-refractivity contribution in [3.8, 4) is 11.5 Å². The molecule has 0 fully saturated rings. The Morgan fingerprint density at radius 2 is 2.12 bits per heavy atom. The molecule has 0 atom stereocenters. The largest absolute Gasteiger partial charge is 0.497 e. The normalized spacial score (nSPS) is 14.5. The van der Waals surface area contributed by atoms with Gasteiger partial charge in [0, 0.05) is 6.07 Å². The van der Waals surface area contributed by atoms with Gasteiger partial charge in [-0.15, -0.1) is 0 Å². The molecule has 1 aromatic rings.